The van der Waals surface area contributed by atoms with Crippen LogP contribution in [0.1, 0.15) is 24.2 Å². The van der Waals surface area contributed by atoms with Crippen LogP contribution in [-0.4, -0.2) is 31.8 Å². The number of nitriles is 1. The van der Waals surface area contributed by atoms with Crippen molar-refractivity contribution in [3.63, 3.8) is 0 Å². The van der Waals surface area contributed by atoms with Gasteiger partial charge in [0.05, 0.1) is 60.1 Å². The highest BCUT2D eigenvalue weighted by Crippen LogP contribution is 2.41. The fourth-order valence-electron chi connectivity index (χ4n) is 4.22. The summed E-state index contributed by atoms with van der Waals surface area (Å²) < 4.78 is 16.2. The third kappa shape index (κ3) is 6.27. The van der Waals surface area contributed by atoms with Crippen molar-refractivity contribution in [2.75, 3.05) is 30.6 Å². The van der Waals surface area contributed by atoms with Crippen LogP contribution in [0.5, 0.6) is 11.5 Å². The fraction of sp³-hybridized carbons (Fsp3) is 0.207. The highest BCUT2D eigenvalue weighted by molar-refractivity contribution is 8.03. The zero-order valence-electron chi connectivity index (χ0n) is 22.0. The Labute approximate surface area is 230 Å². The van der Waals surface area contributed by atoms with Gasteiger partial charge in [0, 0.05) is 17.5 Å². The Morgan fingerprint density at radius 3 is 2.56 bits per heavy atom. The first-order chi connectivity index (χ1) is 18.8. The van der Waals surface area contributed by atoms with Gasteiger partial charge >= 0.3 is 0 Å². The van der Waals surface area contributed by atoms with Crippen molar-refractivity contribution in [2.24, 2.45) is 0 Å². The Balaban J connectivity index is 1.58. The molecule has 0 aliphatic carbocycles. The minimum absolute atomic E-state index is 0.00312. The Kier molecular flexibility index (Phi) is 8.63. The standard InChI is InChI=1S/C29H28N4O5S/c1-17-7-5-8-19(13-17)32-28(35)26-18(2)31-29(21(15-30)27(26)24-9-6-12-38-24)39-16-25(34)33-22-14-20(36-3)10-11-23(22)37-4/h5-14,27,31H,16H2,1-4H3,(H,32,35)(H,33,34)/t27-/m1/s1. The molecule has 1 aromatic heterocycles. The van der Waals surface area contributed by atoms with Gasteiger partial charge in [-0.1, -0.05) is 23.9 Å². The quantitative estimate of drug-likeness (QED) is 0.331. The molecule has 200 valence electrons. The Morgan fingerprint density at radius 1 is 1.08 bits per heavy atom. The molecule has 4 rings (SSSR count). The summed E-state index contributed by atoms with van der Waals surface area (Å²) in [7, 11) is 3.05. The van der Waals surface area contributed by atoms with E-state index >= 15 is 0 Å². The normalized spacial score (nSPS) is 14.8. The maximum atomic E-state index is 13.5. The molecule has 1 atom stereocenters. The number of hydrogen-bond acceptors (Lipinski definition) is 8. The van der Waals surface area contributed by atoms with Gasteiger partial charge in [-0.3, -0.25) is 9.59 Å². The summed E-state index contributed by atoms with van der Waals surface area (Å²) in [6.45, 7) is 3.70. The van der Waals surface area contributed by atoms with Crippen molar-refractivity contribution in [1.29, 1.82) is 5.26 Å². The van der Waals surface area contributed by atoms with E-state index < -0.39 is 5.92 Å². The highest BCUT2D eigenvalue weighted by atomic mass is 32.2. The maximum absolute atomic E-state index is 13.5. The van der Waals surface area contributed by atoms with Crippen LogP contribution in [0.3, 0.4) is 0 Å². The van der Waals surface area contributed by atoms with Gasteiger partial charge in [0.25, 0.3) is 5.91 Å². The number of dihydropyridines is 1. The van der Waals surface area contributed by atoms with Crippen LogP contribution < -0.4 is 25.4 Å². The summed E-state index contributed by atoms with van der Waals surface area (Å²) in [6, 6.07) is 18.2. The highest BCUT2D eigenvalue weighted by Gasteiger charge is 2.36. The average molecular weight is 545 g/mol. The number of nitrogens with zero attached hydrogens (tertiary/aromatic N) is 1. The second-order valence-electron chi connectivity index (χ2n) is 8.69. The van der Waals surface area contributed by atoms with Crippen molar-refractivity contribution < 1.29 is 23.5 Å². The molecule has 0 fully saturated rings. The SMILES string of the molecule is COc1ccc(OC)c(NC(=O)CSC2=C(C#N)[C@H](c3ccco3)C(C(=O)Nc3cccc(C)c3)=C(C)N2)c1. The molecule has 2 amide bonds. The predicted molar refractivity (Wildman–Crippen MR) is 150 cm³/mol. The number of rotatable bonds is 9. The molecule has 1 aliphatic rings. The minimum atomic E-state index is -0.750. The summed E-state index contributed by atoms with van der Waals surface area (Å²) in [5.41, 5.74) is 3.31. The van der Waals surface area contributed by atoms with Gasteiger partial charge in [-0.15, -0.1) is 0 Å². The van der Waals surface area contributed by atoms with Crippen molar-refractivity contribution in [2.45, 2.75) is 19.8 Å². The summed E-state index contributed by atoms with van der Waals surface area (Å²) >= 11 is 1.16. The van der Waals surface area contributed by atoms with Gasteiger partial charge in [-0.05, 0) is 55.8 Å². The van der Waals surface area contributed by atoms with Gasteiger partial charge in [0.1, 0.15) is 17.3 Å². The second-order valence-corrected chi connectivity index (χ2v) is 9.68. The molecule has 39 heavy (non-hydrogen) atoms. The third-order valence-electron chi connectivity index (χ3n) is 6.02. The van der Waals surface area contributed by atoms with E-state index in [0.29, 0.717) is 44.9 Å². The molecule has 2 aromatic carbocycles. The zero-order chi connectivity index (χ0) is 27.9. The Bertz CT molecular complexity index is 1490. The van der Waals surface area contributed by atoms with E-state index in [2.05, 4.69) is 22.0 Å². The van der Waals surface area contributed by atoms with Crippen LogP contribution in [0.15, 0.2) is 87.1 Å². The van der Waals surface area contributed by atoms with Gasteiger partial charge in [-0.25, -0.2) is 0 Å². The molecule has 10 heteroatoms. The lowest BCUT2D eigenvalue weighted by molar-refractivity contribution is -0.114. The number of thioether (sulfide) groups is 1. The summed E-state index contributed by atoms with van der Waals surface area (Å²) in [5, 5.41) is 19.6. The predicted octanol–water partition coefficient (Wildman–Crippen LogP) is 5.31. The van der Waals surface area contributed by atoms with E-state index in [4.69, 9.17) is 13.9 Å². The van der Waals surface area contributed by atoms with E-state index in [1.807, 2.05) is 25.1 Å². The Hall–Kier alpha value is -4.62. The van der Waals surface area contributed by atoms with Crippen molar-refractivity contribution in [3.8, 4) is 17.6 Å². The van der Waals surface area contributed by atoms with Crippen LogP contribution in [0.4, 0.5) is 11.4 Å². The van der Waals surface area contributed by atoms with Crippen molar-refractivity contribution in [1.82, 2.24) is 5.32 Å². The van der Waals surface area contributed by atoms with Crippen LogP contribution >= 0.6 is 11.8 Å². The number of ether oxygens (including phenoxy) is 2. The molecular weight excluding hydrogens is 516 g/mol. The number of carbonyl (C=O) groups excluding carboxylic acids is 2. The number of furan rings is 1. The monoisotopic (exact) mass is 544 g/mol. The minimum Gasteiger partial charge on any atom is -0.497 e. The fourth-order valence-corrected chi connectivity index (χ4v) is 5.12. The topological polar surface area (TPSA) is 126 Å². The number of nitrogens with one attached hydrogen (secondary N) is 3. The Morgan fingerprint density at radius 2 is 1.90 bits per heavy atom. The summed E-state index contributed by atoms with van der Waals surface area (Å²) in [5.74, 6) is 0.0923. The average Bonchev–Trinajstić information content (AvgIpc) is 3.46. The van der Waals surface area contributed by atoms with E-state index in [1.54, 1.807) is 43.3 Å². The first-order valence-corrected chi connectivity index (χ1v) is 13.0. The van der Waals surface area contributed by atoms with Crippen molar-refractivity contribution in [3.05, 3.63) is 94.1 Å². The first-order valence-electron chi connectivity index (χ1n) is 12.0. The number of carbonyl (C=O) groups is 2. The van der Waals surface area contributed by atoms with E-state index in [1.165, 1.54) is 20.5 Å². The molecule has 3 N–H and O–H groups in total. The third-order valence-corrected chi connectivity index (χ3v) is 7.04. The summed E-state index contributed by atoms with van der Waals surface area (Å²) in [4.78, 5) is 26.3. The number of anilines is 2. The van der Waals surface area contributed by atoms with Crippen LogP contribution in [-0.2, 0) is 9.59 Å². The van der Waals surface area contributed by atoms with Crippen LogP contribution in [0, 0.1) is 18.3 Å². The molecular formula is C29H28N4O5S. The van der Waals surface area contributed by atoms with Gasteiger partial charge < -0.3 is 29.8 Å². The molecule has 0 bridgehead atoms. The zero-order valence-corrected chi connectivity index (χ0v) is 22.8. The molecule has 1 aliphatic heterocycles. The van der Waals surface area contributed by atoms with Crippen molar-refractivity contribution >= 4 is 35.0 Å². The van der Waals surface area contributed by atoms with E-state index in [9.17, 15) is 14.9 Å². The number of hydrogen-bond donors (Lipinski definition) is 3. The van der Waals surface area contributed by atoms with Gasteiger partial charge in [0.2, 0.25) is 5.91 Å². The second kappa shape index (κ2) is 12.3. The van der Waals surface area contributed by atoms with Crippen LogP contribution in [0.2, 0.25) is 0 Å². The number of aryl methyl sites for hydroxylation is 1. The smallest absolute Gasteiger partial charge is 0.254 e. The lowest BCUT2D eigenvalue weighted by Gasteiger charge is -2.28. The van der Waals surface area contributed by atoms with E-state index in [-0.39, 0.29) is 23.1 Å². The number of benzene rings is 2. The molecule has 3 aromatic rings. The lowest BCUT2D eigenvalue weighted by atomic mass is 9.85. The maximum Gasteiger partial charge on any atom is 0.254 e. The molecule has 0 radical (unpaired) electrons. The number of amides is 2. The van der Waals surface area contributed by atoms with Gasteiger partial charge in [-0.2, -0.15) is 5.26 Å². The summed E-state index contributed by atoms with van der Waals surface area (Å²) in [6.07, 6.45) is 1.50. The van der Waals surface area contributed by atoms with Gasteiger partial charge in [0.15, 0.2) is 0 Å². The number of allylic oxidation sites excluding steroid dienone is 2. The molecule has 2 heterocycles. The van der Waals surface area contributed by atoms with Crippen LogP contribution in [0.25, 0.3) is 0 Å². The first kappa shape index (κ1) is 27.4. The molecule has 9 nitrogen and oxygen atoms in total. The molecule has 0 saturated carbocycles. The largest absolute Gasteiger partial charge is 0.497 e. The molecule has 0 saturated heterocycles. The molecule has 0 unspecified atom stereocenters. The lowest BCUT2D eigenvalue weighted by Crippen LogP contribution is -2.31. The van der Waals surface area contributed by atoms with E-state index in [0.717, 1.165) is 17.3 Å². The molecule has 0 spiro atoms. The number of methoxy groups -OCH3 is 2.